The number of piperazine rings is 1. The molecule has 7 heteroatoms. The summed E-state index contributed by atoms with van der Waals surface area (Å²) in [6.45, 7) is 22.3. The van der Waals surface area contributed by atoms with E-state index in [1.165, 1.54) is 32.7 Å². The fourth-order valence-electron chi connectivity index (χ4n) is 3.04. The van der Waals surface area contributed by atoms with Gasteiger partial charge >= 0.3 is 0 Å². The van der Waals surface area contributed by atoms with Gasteiger partial charge in [-0.05, 0) is 31.7 Å². The van der Waals surface area contributed by atoms with Crippen LogP contribution in [0.2, 0.25) is 0 Å². The van der Waals surface area contributed by atoms with E-state index < -0.39 is 0 Å². The van der Waals surface area contributed by atoms with Gasteiger partial charge in [-0.3, -0.25) is 4.99 Å². The minimum atomic E-state index is 0. The van der Waals surface area contributed by atoms with Crippen molar-refractivity contribution in [3.63, 3.8) is 0 Å². The molecule has 0 radical (unpaired) electrons. The summed E-state index contributed by atoms with van der Waals surface area (Å²) in [5.74, 6) is 2.18. The number of hydrogen-bond acceptors (Lipinski definition) is 4. The summed E-state index contributed by atoms with van der Waals surface area (Å²) in [6.07, 6.45) is 1.12. The van der Waals surface area contributed by atoms with Crippen molar-refractivity contribution in [2.45, 2.75) is 41.0 Å². The van der Waals surface area contributed by atoms with Crippen molar-refractivity contribution < 1.29 is 4.74 Å². The van der Waals surface area contributed by atoms with Crippen LogP contribution in [0.5, 0.6) is 0 Å². The second kappa shape index (κ2) is 16.8. The van der Waals surface area contributed by atoms with Crippen LogP contribution in [0.4, 0.5) is 0 Å². The minimum absolute atomic E-state index is 0. The van der Waals surface area contributed by atoms with Crippen molar-refractivity contribution in [3.8, 4) is 0 Å². The maximum absolute atomic E-state index is 5.66. The first-order chi connectivity index (χ1) is 12.5. The van der Waals surface area contributed by atoms with Gasteiger partial charge in [0.1, 0.15) is 0 Å². The fraction of sp³-hybridized carbons (Fsp3) is 0.950. The molecule has 0 aromatic carbocycles. The number of ether oxygens (including phenoxy) is 1. The second-order valence-corrected chi connectivity index (χ2v) is 7.78. The van der Waals surface area contributed by atoms with Crippen LogP contribution in [-0.2, 0) is 4.74 Å². The Labute approximate surface area is 184 Å². The molecule has 0 aromatic heterocycles. The lowest BCUT2D eigenvalue weighted by Gasteiger charge is -2.35. The average molecular weight is 498 g/mol. The highest BCUT2D eigenvalue weighted by Gasteiger charge is 2.17. The van der Waals surface area contributed by atoms with E-state index in [1.807, 2.05) is 0 Å². The third-order valence-corrected chi connectivity index (χ3v) is 4.77. The molecule has 162 valence electrons. The van der Waals surface area contributed by atoms with E-state index in [4.69, 9.17) is 9.73 Å². The van der Waals surface area contributed by atoms with Crippen molar-refractivity contribution in [2.75, 3.05) is 72.1 Å². The number of halogens is 1. The molecule has 0 aliphatic carbocycles. The Bertz CT molecular complexity index is 373. The molecule has 2 N–H and O–H groups in total. The normalized spacial score (nSPS) is 17.6. The summed E-state index contributed by atoms with van der Waals surface area (Å²) >= 11 is 0. The zero-order valence-corrected chi connectivity index (χ0v) is 20.6. The Morgan fingerprint density at radius 3 is 2.26 bits per heavy atom. The molecule has 1 aliphatic rings. The molecule has 1 unspecified atom stereocenters. The predicted molar refractivity (Wildman–Crippen MR) is 127 cm³/mol. The lowest BCUT2D eigenvalue weighted by atomic mass is 10.1. The molecule has 0 bridgehead atoms. The Hall–Kier alpha value is -0.120. The van der Waals surface area contributed by atoms with Gasteiger partial charge in [0, 0.05) is 59.0 Å². The molecule has 0 amide bonds. The van der Waals surface area contributed by atoms with Crippen LogP contribution in [0, 0.1) is 11.8 Å². The summed E-state index contributed by atoms with van der Waals surface area (Å²) in [6, 6.07) is 0. The number of likely N-dealkylation sites (N-methyl/N-ethyl adjacent to an activating group) is 1. The van der Waals surface area contributed by atoms with E-state index in [2.05, 4.69) is 55.1 Å². The van der Waals surface area contributed by atoms with Crippen LogP contribution in [0.15, 0.2) is 4.99 Å². The quantitative estimate of drug-likeness (QED) is 0.188. The van der Waals surface area contributed by atoms with Crippen molar-refractivity contribution in [1.29, 1.82) is 0 Å². The highest BCUT2D eigenvalue weighted by atomic mass is 127. The Morgan fingerprint density at radius 2 is 1.67 bits per heavy atom. The Morgan fingerprint density at radius 1 is 1.00 bits per heavy atom. The molecule has 6 nitrogen and oxygen atoms in total. The minimum Gasteiger partial charge on any atom is -0.380 e. The SMILES string of the molecule is CCNC(=NCC(C)CN1CCN(CC)CC1)NCCOCCC(C)C.I. The molecular weight excluding hydrogens is 453 g/mol. The first-order valence-corrected chi connectivity index (χ1v) is 10.6. The molecule has 1 atom stereocenters. The number of hydrogen-bond donors (Lipinski definition) is 2. The van der Waals surface area contributed by atoms with Gasteiger partial charge in [0.25, 0.3) is 0 Å². The Kier molecular flexibility index (Phi) is 16.7. The smallest absolute Gasteiger partial charge is 0.191 e. The highest BCUT2D eigenvalue weighted by Crippen LogP contribution is 2.06. The van der Waals surface area contributed by atoms with E-state index >= 15 is 0 Å². The van der Waals surface area contributed by atoms with Crippen LogP contribution < -0.4 is 10.6 Å². The number of nitrogens with one attached hydrogen (secondary N) is 2. The summed E-state index contributed by atoms with van der Waals surface area (Å²) in [5.41, 5.74) is 0. The second-order valence-electron chi connectivity index (χ2n) is 7.78. The third kappa shape index (κ3) is 13.7. The molecular formula is C20H44IN5O. The molecule has 0 aromatic rings. The maximum atomic E-state index is 5.66. The van der Waals surface area contributed by atoms with E-state index in [0.29, 0.717) is 11.8 Å². The number of rotatable bonds is 12. The van der Waals surface area contributed by atoms with Crippen molar-refractivity contribution in [3.05, 3.63) is 0 Å². The van der Waals surface area contributed by atoms with E-state index in [9.17, 15) is 0 Å². The van der Waals surface area contributed by atoms with Gasteiger partial charge in [-0.2, -0.15) is 0 Å². The largest absolute Gasteiger partial charge is 0.380 e. The number of aliphatic imine (C=N–C) groups is 1. The molecule has 1 saturated heterocycles. The zero-order chi connectivity index (χ0) is 19.2. The highest BCUT2D eigenvalue weighted by molar-refractivity contribution is 14.0. The maximum Gasteiger partial charge on any atom is 0.191 e. The molecule has 1 rings (SSSR count). The standard InChI is InChI=1S/C20H43N5O.HI/c1-6-21-20(22-9-15-26-14-8-18(3)4)23-16-19(5)17-25-12-10-24(7-2)11-13-25;/h18-19H,6-17H2,1-5H3,(H2,21,22,23);1H. The first kappa shape index (κ1) is 26.9. The van der Waals surface area contributed by atoms with Crippen LogP contribution >= 0.6 is 24.0 Å². The molecule has 1 fully saturated rings. The zero-order valence-electron chi connectivity index (χ0n) is 18.3. The van der Waals surface area contributed by atoms with Gasteiger partial charge in [-0.15, -0.1) is 24.0 Å². The van der Waals surface area contributed by atoms with Gasteiger partial charge < -0.3 is 25.2 Å². The van der Waals surface area contributed by atoms with Gasteiger partial charge in [0.2, 0.25) is 0 Å². The number of nitrogens with zero attached hydrogens (tertiary/aromatic N) is 3. The lowest BCUT2D eigenvalue weighted by molar-refractivity contribution is 0.125. The van der Waals surface area contributed by atoms with Crippen LogP contribution in [0.1, 0.15) is 41.0 Å². The summed E-state index contributed by atoms with van der Waals surface area (Å²) < 4.78 is 5.66. The molecule has 1 aliphatic heterocycles. The predicted octanol–water partition coefficient (Wildman–Crippen LogP) is 2.50. The molecule has 0 spiro atoms. The van der Waals surface area contributed by atoms with E-state index in [1.54, 1.807) is 0 Å². The van der Waals surface area contributed by atoms with Gasteiger partial charge in [-0.25, -0.2) is 0 Å². The van der Waals surface area contributed by atoms with E-state index in [0.717, 1.165) is 51.8 Å². The van der Waals surface area contributed by atoms with E-state index in [-0.39, 0.29) is 24.0 Å². The van der Waals surface area contributed by atoms with Crippen molar-refractivity contribution in [1.82, 2.24) is 20.4 Å². The van der Waals surface area contributed by atoms with Gasteiger partial charge in [-0.1, -0.05) is 27.7 Å². The van der Waals surface area contributed by atoms with Crippen molar-refractivity contribution >= 4 is 29.9 Å². The summed E-state index contributed by atoms with van der Waals surface area (Å²) in [4.78, 5) is 9.86. The van der Waals surface area contributed by atoms with Crippen LogP contribution in [0.3, 0.4) is 0 Å². The first-order valence-electron chi connectivity index (χ1n) is 10.6. The van der Waals surface area contributed by atoms with Gasteiger partial charge in [0.15, 0.2) is 5.96 Å². The lowest BCUT2D eigenvalue weighted by Crippen LogP contribution is -2.47. The molecule has 27 heavy (non-hydrogen) atoms. The fourth-order valence-corrected chi connectivity index (χ4v) is 3.04. The molecule has 1 heterocycles. The van der Waals surface area contributed by atoms with Crippen LogP contribution in [-0.4, -0.2) is 87.9 Å². The number of guanidine groups is 1. The van der Waals surface area contributed by atoms with Crippen LogP contribution in [0.25, 0.3) is 0 Å². The topological polar surface area (TPSA) is 52.1 Å². The summed E-state index contributed by atoms with van der Waals surface area (Å²) in [7, 11) is 0. The average Bonchev–Trinajstić information content (AvgIpc) is 2.62. The Balaban J connectivity index is 0.00000676. The molecule has 0 saturated carbocycles. The van der Waals surface area contributed by atoms with Gasteiger partial charge in [0.05, 0.1) is 6.61 Å². The van der Waals surface area contributed by atoms with Crippen molar-refractivity contribution in [2.24, 2.45) is 16.8 Å². The monoisotopic (exact) mass is 497 g/mol. The summed E-state index contributed by atoms with van der Waals surface area (Å²) in [5, 5.41) is 6.70. The third-order valence-electron chi connectivity index (χ3n) is 4.77.